The minimum Gasteiger partial charge on any atom is -0.369 e. The van der Waals surface area contributed by atoms with Crippen molar-refractivity contribution >= 4 is 5.82 Å². The molecule has 0 unspecified atom stereocenters. The average Bonchev–Trinajstić information content (AvgIpc) is 3.11. The highest BCUT2D eigenvalue weighted by molar-refractivity contribution is 5.42. The Labute approximate surface area is 97.9 Å². The Morgan fingerprint density at radius 3 is 2.94 bits per heavy atom. The third-order valence-corrected chi connectivity index (χ3v) is 3.17. The first-order valence-corrected chi connectivity index (χ1v) is 6.20. The molecule has 0 bridgehead atoms. The second kappa shape index (κ2) is 5.30. The molecule has 3 heteroatoms. The number of pyridine rings is 1. The molecule has 0 aliphatic heterocycles. The molecular weight excluding hydrogens is 198 g/mol. The number of nitrogens with zero attached hydrogens (tertiary/aromatic N) is 2. The van der Waals surface area contributed by atoms with Crippen molar-refractivity contribution in [1.82, 2.24) is 9.88 Å². The van der Waals surface area contributed by atoms with E-state index in [1.807, 2.05) is 12.3 Å². The highest BCUT2D eigenvalue weighted by atomic mass is 15.2. The van der Waals surface area contributed by atoms with Crippen molar-refractivity contribution in [2.45, 2.75) is 32.7 Å². The lowest BCUT2D eigenvalue weighted by molar-refractivity contribution is 0.289. The van der Waals surface area contributed by atoms with E-state index in [9.17, 15) is 0 Å². The summed E-state index contributed by atoms with van der Waals surface area (Å²) >= 11 is 0. The summed E-state index contributed by atoms with van der Waals surface area (Å²) in [6.07, 6.45) is 4.61. The van der Waals surface area contributed by atoms with Gasteiger partial charge in [0.1, 0.15) is 5.82 Å². The van der Waals surface area contributed by atoms with E-state index in [-0.39, 0.29) is 0 Å². The molecule has 1 aliphatic rings. The molecule has 0 atom stereocenters. The Hall–Kier alpha value is -1.09. The Bertz CT molecular complexity index is 334. The first-order valence-electron chi connectivity index (χ1n) is 6.20. The second-order valence-corrected chi connectivity index (χ2v) is 4.46. The van der Waals surface area contributed by atoms with Crippen LogP contribution in [0.4, 0.5) is 5.82 Å². The van der Waals surface area contributed by atoms with E-state index in [2.05, 4.69) is 35.1 Å². The predicted molar refractivity (Wildman–Crippen MR) is 67.7 cm³/mol. The Kier molecular flexibility index (Phi) is 3.78. The zero-order valence-electron chi connectivity index (χ0n) is 10.2. The van der Waals surface area contributed by atoms with Gasteiger partial charge in [0.25, 0.3) is 0 Å². The first kappa shape index (κ1) is 11.4. The van der Waals surface area contributed by atoms with Gasteiger partial charge in [-0.3, -0.25) is 4.90 Å². The fraction of sp³-hybridized carbons (Fsp3) is 0.615. The highest BCUT2D eigenvalue weighted by Gasteiger charge is 2.27. The fourth-order valence-electron chi connectivity index (χ4n) is 2.03. The van der Waals surface area contributed by atoms with Crippen LogP contribution in [0.1, 0.15) is 25.3 Å². The normalized spacial score (nSPS) is 15.4. The third kappa shape index (κ3) is 2.95. The lowest BCUT2D eigenvalue weighted by atomic mass is 10.3. The minimum absolute atomic E-state index is 0.858. The Morgan fingerprint density at radius 1 is 1.50 bits per heavy atom. The summed E-state index contributed by atoms with van der Waals surface area (Å²) in [5.41, 5.74) is 1.22. The Morgan fingerprint density at radius 2 is 2.31 bits per heavy atom. The quantitative estimate of drug-likeness (QED) is 0.795. The maximum atomic E-state index is 4.33. The molecule has 1 N–H and O–H groups in total. The molecule has 88 valence electrons. The number of hydrogen-bond donors (Lipinski definition) is 1. The summed E-state index contributed by atoms with van der Waals surface area (Å²) < 4.78 is 0. The first-order chi connectivity index (χ1) is 7.81. The van der Waals surface area contributed by atoms with Crippen LogP contribution in [0, 0.1) is 6.92 Å². The summed E-state index contributed by atoms with van der Waals surface area (Å²) in [6, 6.07) is 4.92. The van der Waals surface area contributed by atoms with Gasteiger partial charge < -0.3 is 5.32 Å². The van der Waals surface area contributed by atoms with Gasteiger partial charge in [-0.05, 0) is 37.9 Å². The van der Waals surface area contributed by atoms with Gasteiger partial charge in [0.05, 0.1) is 0 Å². The molecule has 0 radical (unpaired) electrons. The van der Waals surface area contributed by atoms with Crippen LogP contribution >= 0.6 is 0 Å². The summed E-state index contributed by atoms with van der Waals surface area (Å²) in [7, 11) is 0. The Balaban J connectivity index is 1.77. The van der Waals surface area contributed by atoms with E-state index >= 15 is 0 Å². The molecule has 2 rings (SSSR count). The van der Waals surface area contributed by atoms with Crippen LogP contribution in [0.25, 0.3) is 0 Å². The van der Waals surface area contributed by atoms with Crippen LogP contribution in [-0.4, -0.2) is 35.6 Å². The summed E-state index contributed by atoms with van der Waals surface area (Å²) in [5, 5.41) is 3.41. The largest absolute Gasteiger partial charge is 0.369 e. The lowest BCUT2D eigenvalue weighted by Gasteiger charge is -2.20. The van der Waals surface area contributed by atoms with Gasteiger partial charge >= 0.3 is 0 Å². The van der Waals surface area contributed by atoms with E-state index in [4.69, 9.17) is 0 Å². The van der Waals surface area contributed by atoms with Crippen molar-refractivity contribution in [3.63, 3.8) is 0 Å². The molecule has 1 aromatic rings. The molecule has 1 aromatic heterocycles. The molecular formula is C13H21N3. The zero-order valence-corrected chi connectivity index (χ0v) is 10.2. The summed E-state index contributed by atoms with van der Waals surface area (Å²) in [6.45, 7) is 7.60. The summed E-state index contributed by atoms with van der Waals surface area (Å²) in [5.74, 6) is 1.02. The molecule has 0 saturated heterocycles. The van der Waals surface area contributed by atoms with E-state index in [0.29, 0.717) is 0 Å². The molecule has 0 spiro atoms. The predicted octanol–water partition coefficient (Wildman–Crippen LogP) is 2.29. The van der Waals surface area contributed by atoms with E-state index < -0.39 is 0 Å². The van der Waals surface area contributed by atoms with Crippen molar-refractivity contribution in [1.29, 1.82) is 0 Å². The maximum absolute atomic E-state index is 4.33. The zero-order chi connectivity index (χ0) is 11.4. The van der Waals surface area contributed by atoms with Crippen molar-refractivity contribution in [3.05, 3.63) is 23.9 Å². The van der Waals surface area contributed by atoms with Crippen molar-refractivity contribution in [3.8, 4) is 0 Å². The van der Waals surface area contributed by atoms with Gasteiger partial charge in [-0.2, -0.15) is 0 Å². The molecule has 1 aliphatic carbocycles. The van der Waals surface area contributed by atoms with Crippen molar-refractivity contribution in [2.24, 2.45) is 0 Å². The van der Waals surface area contributed by atoms with Crippen LogP contribution in [0.3, 0.4) is 0 Å². The molecule has 1 saturated carbocycles. The van der Waals surface area contributed by atoms with Gasteiger partial charge in [0, 0.05) is 25.3 Å². The number of rotatable bonds is 6. The third-order valence-electron chi connectivity index (χ3n) is 3.17. The number of nitrogens with one attached hydrogen (secondary N) is 1. The van der Waals surface area contributed by atoms with Gasteiger partial charge in [-0.15, -0.1) is 0 Å². The molecule has 0 aromatic carbocycles. The van der Waals surface area contributed by atoms with Crippen molar-refractivity contribution in [2.75, 3.05) is 25.0 Å². The van der Waals surface area contributed by atoms with Gasteiger partial charge in [-0.1, -0.05) is 13.0 Å². The van der Waals surface area contributed by atoms with Crippen LogP contribution in [0.5, 0.6) is 0 Å². The maximum Gasteiger partial charge on any atom is 0.128 e. The SMILES string of the molecule is CCN(CCNc1ncccc1C)C1CC1. The van der Waals surface area contributed by atoms with E-state index in [0.717, 1.165) is 31.5 Å². The van der Waals surface area contributed by atoms with Crippen molar-refractivity contribution < 1.29 is 0 Å². The van der Waals surface area contributed by atoms with E-state index in [1.165, 1.54) is 18.4 Å². The van der Waals surface area contributed by atoms with E-state index in [1.54, 1.807) is 0 Å². The van der Waals surface area contributed by atoms with Gasteiger partial charge in [0.15, 0.2) is 0 Å². The topological polar surface area (TPSA) is 28.2 Å². The molecule has 16 heavy (non-hydrogen) atoms. The standard InChI is InChI=1S/C13H21N3/c1-3-16(12-6-7-12)10-9-15-13-11(2)5-4-8-14-13/h4-5,8,12H,3,6-7,9-10H2,1-2H3,(H,14,15). The van der Waals surface area contributed by atoms with Crippen LogP contribution in [-0.2, 0) is 0 Å². The molecule has 1 fully saturated rings. The fourth-order valence-corrected chi connectivity index (χ4v) is 2.03. The lowest BCUT2D eigenvalue weighted by Crippen LogP contribution is -2.31. The summed E-state index contributed by atoms with van der Waals surface area (Å²) in [4.78, 5) is 6.88. The smallest absolute Gasteiger partial charge is 0.128 e. The number of aryl methyl sites for hydroxylation is 1. The highest BCUT2D eigenvalue weighted by Crippen LogP contribution is 2.25. The number of aromatic nitrogens is 1. The molecule has 3 nitrogen and oxygen atoms in total. The van der Waals surface area contributed by atoms with Crippen LogP contribution < -0.4 is 5.32 Å². The van der Waals surface area contributed by atoms with Crippen LogP contribution in [0.2, 0.25) is 0 Å². The monoisotopic (exact) mass is 219 g/mol. The number of likely N-dealkylation sites (N-methyl/N-ethyl adjacent to an activating group) is 1. The minimum atomic E-state index is 0.858. The molecule has 1 heterocycles. The molecule has 0 amide bonds. The second-order valence-electron chi connectivity index (χ2n) is 4.46. The van der Waals surface area contributed by atoms with Gasteiger partial charge in [0.2, 0.25) is 0 Å². The van der Waals surface area contributed by atoms with Crippen LogP contribution in [0.15, 0.2) is 18.3 Å². The number of hydrogen-bond acceptors (Lipinski definition) is 3. The van der Waals surface area contributed by atoms with Gasteiger partial charge in [-0.25, -0.2) is 4.98 Å². The number of anilines is 1. The average molecular weight is 219 g/mol.